The minimum atomic E-state index is -0.407. The maximum Gasteiger partial charge on any atom is 0.333 e. The van der Waals surface area contributed by atoms with Crippen molar-refractivity contribution in [3.05, 3.63) is 101 Å². The molecule has 0 atom stereocenters. The quantitative estimate of drug-likeness (QED) is 0.0470. The number of hydrogen-bond donors (Lipinski definition) is 2. The van der Waals surface area contributed by atoms with Crippen molar-refractivity contribution in [1.82, 2.24) is 0 Å². The van der Waals surface area contributed by atoms with E-state index in [4.69, 9.17) is 14.2 Å². The first-order chi connectivity index (χ1) is 31.5. The number of aliphatic hydroxyl groups excluding tert-OH is 2. The minimum absolute atomic E-state index is 0.124. The average Bonchev–Trinajstić information content (AvgIpc) is 3.33. The summed E-state index contributed by atoms with van der Waals surface area (Å²) in [4.78, 5) is 24.4. The summed E-state index contributed by atoms with van der Waals surface area (Å²) in [7, 11) is 0. The van der Waals surface area contributed by atoms with Gasteiger partial charge in [0.05, 0.1) is 19.8 Å². The number of carbonyl (C=O) groups is 2. The largest absolute Gasteiger partial charge is 0.493 e. The molecule has 3 aromatic carbocycles. The summed E-state index contributed by atoms with van der Waals surface area (Å²) in [6, 6.07) is 18.6. The molecule has 0 aromatic heterocycles. The first-order valence-corrected chi connectivity index (χ1v) is 25.4. The van der Waals surface area contributed by atoms with E-state index in [1.165, 1.54) is 105 Å². The SMILES string of the molecule is C=C(C)C(=O)OCCCc1cc(-c2ccc(-c3ccc(C4CCC(C5CCC(CCCCC)CC5)CC4)cc3CC)cc2CC)cc(CCCOC(=O)C(=C)C)c1OCCC(CO)CO. The number of aryl methyl sites for hydroxylation is 4. The summed E-state index contributed by atoms with van der Waals surface area (Å²) in [5, 5.41) is 19.5. The van der Waals surface area contributed by atoms with Crippen LogP contribution in [0.25, 0.3) is 22.3 Å². The van der Waals surface area contributed by atoms with Gasteiger partial charge in [-0.2, -0.15) is 0 Å². The molecule has 0 heterocycles. The van der Waals surface area contributed by atoms with Gasteiger partial charge in [-0.25, -0.2) is 9.59 Å². The van der Waals surface area contributed by atoms with Crippen LogP contribution in [0.1, 0.15) is 165 Å². The van der Waals surface area contributed by atoms with Gasteiger partial charge < -0.3 is 24.4 Å². The second-order valence-electron chi connectivity index (χ2n) is 19.4. The molecule has 2 saturated carbocycles. The number of esters is 2. The summed E-state index contributed by atoms with van der Waals surface area (Å²) < 4.78 is 17.5. The predicted molar refractivity (Wildman–Crippen MR) is 266 cm³/mol. The molecule has 65 heavy (non-hydrogen) atoms. The Morgan fingerprint density at radius 2 is 1.15 bits per heavy atom. The molecule has 0 spiro atoms. The second-order valence-corrected chi connectivity index (χ2v) is 19.4. The third-order valence-corrected chi connectivity index (χ3v) is 14.5. The Bertz CT molecular complexity index is 1940. The number of hydrogen-bond acceptors (Lipinski definition) is 7. The van der Waals surface area contributed by atoms with Crippen LogP contribution in [0.2, 0.25) is 0 Å². The Hall–Kier alpha value is -4.20. The van der Waals surface area contributed by atoms with Crippen LogP contribution in [0.3, 0.4) is 0 Å². The third kappa shape index (κ3) is 15.2. The zero-order chi connectivity index (χ0) is 46.7. The molecule has 7 heteroatoms. The van der Waals surface area contributed by atoms with E-state index >= 15 is 0 Å². The summed E-state index contributed by atoms with van der Waals surface area (Å²) in [5.74, 6) is 3.17. The summed E-state index contributed by atoms with van der Waals surface area (Å²) in [5.41, 5.74) is 11.7. The number of aliphatic hydroxyl groups is 2. The van der Waals surface area contributed by atoms with E-state index in [0.29, 0.717) is 55.8 Å². The Kier molecular flexibility index (Phi) is 21.4. The lowest BCUT2D eigenvalue weighted by molar-refractivity contribution is -0.139. The Morgan fingerprint density at radius 1 is 0.631 bits per heavy atom. The molecule has 2 fully saturated rings. The third-order valence-electron chi connectivity index (χ3n) is 14.5. The van der Waals surface area contributed by atoms with Gasteiger partial charge in [0.2, 0.25) is 0 Å². The molecule has 2 aliphatic rings. The van der Waals surface area contributed by atoms with Crippen molar-refractivity contribution >= 4 is 11.9 Å². The zero-order valence-corrected chi connectivity index (χ0v) is 40.8. The van der Waals surface area contributed by atoms with Crippen molar-refractivity contribution in [1.29, 1.82) is 0 Å². The molecule has 0 aliphatic heterocycles. The Labute approximate surface area is 392 Å². The maximum absolute atomic E-state index is 12.2. The van der Waals surface area contributed by atoms with Crippen molar-refractivity contribution in [2.75, 3.05) is 33.0 Å². The predicted octanol–water partition coefficient (Wildman–Crippen LogP) is 13.3. The molecule has 7 nitrogen and oxygen atoms in total. The Morgan fingerprint density at radius 3 is 1.69 bits per heavy atom. The highest BCUT2D eigenvalue weighted by Crippen LogP contribution is 2.45. The fourth-order valence-electron chi connectivity index (χ4n) is 10.5. The van der Waals surface area contributed by atoms with Gasteiger partial charge in [0, 0.05) is 30.3 Å². The monoisotopic (exact) mass is 891 g/mol. The normalized spacial score (nSPS) is 18.6. The van der Waals surface area contributed by atoms with Gasteiger partial charge in [-0.15, -0.1) is 0 Å². The highest BCUT2D eigenvalue weighted by Gasteiger charge is 2.31. The summed E-state index contributed by atoms with van der Waals surface area (Å²) in [6.45, 7) is 18.1. The van der Waals surface area contributed by atoms with Gasteiger partial charge in [-0.1, -0.05) is 109 Å². The van der Waals surface area contributed by atoms with E-state index in [2.05, 4.69) is 82.5 Å². The standard InChI is InChI=1S/C58H82O7/c1-8-11-12-15-42-18-20-46(21-19-42)47-22-24-48(25-23-47)49-26-28-54(44(9-2)34-49)50-27-29-55(45(10-3)35-50)53-36-51(16-13-31-64-57(61)40(4)5)56(63-33-30-43(38-59)39-60)52(37-53)17-14-32-65-58(62)41(6)7/h26-29,34-37,42-43,46-48,59-60H,4,6,8-25,30-33,38-39H2,1-3,5,7H3. The molecule has 3 aromatic rings. The van der Waals surface area contributed by atoms with Crippen molar-refractivity contribution in [2.45, 2.75) is 163 Å². The van der Waals surface area contributed by atoms with Crippen molar-refractivity contribution < 1.29 is 34.0 Å². The van der Waals surface area contributed by atoms with Crippen LogP contribution in [-0.2, 0) is 44.7 Å². The van der Waals surface area contributed by atoms with Crippen LogP contribution in [0.4, 0.5) is 0 Å². The van der Waals surface area contributed by atoms with Gasteiger partial charge in [-0.05, 0) is 183 Å². The van der Waals surface area contributed by atoms with Crippen LogP contribution in [0.15, 0.2) is 72.8 Å². The van der Waals surface area contributed by atoms with Gasteiger partial charge in [0.1, 0.15) is 5.75 Å². The van der Waals surface area contributed by atoms with Crippen LogP contribution >= 0.6 is 0 Å². The lowest BCUT2D eigenvalue weighted by Crippen LogP contribution is -2.25. The lowest BCUT2D eigenvalue weighted by atomic mass is 9.68. The van der Waals surface area contributed by atoms with E-state index in [1.807, 2.05) is 0 Å². The van der Waals surface area contributed by atoms with Crippen LogP contribution in [-0.4, -0.2) is 55.2 Å². The molecule has 5 rings (SSSR count). The number of carbonyl (C=O) groups excluding carboxylic acids is 2. The van der Waals surface area contributed by atoms with Crippen molar-refractivity contribution in [3.8, 4) is 28.0 Å². The van der Waals surface area contributed by atoms with E-state index in [-0.39, 0.29) is 32.3 Å². The molecule has 0 saturated heterocycles. The summed E-state index contributed by atoms with van der Waals surface area (Å²) >= 11 is 0. The number of rotatable bonds is 26. The maximum atomic E-state index is 12.2. The minimum Gasteiger partial charge on any atom is -0.493 e. The second kappa shape index (κ2) is 26.8. The molecule has 0 unspecified atom stereocenters. The molecular weight excluding hydrogens is 809 g/mol. The van der Waals surface area contributed by atoms with E-state index in [9.17, 15) is 19.8 Å². The topological polar surface area (TPSA) is 102 Å². The van der Waals surface area contributed by atoms with Crippen LogP contribution in [0, 0.1) is 23.7 Å². The van der Waals surface area contributed by atoms with Gasteiger partial charge >= 0.3 is 11.9 Å². The first kappa shape index (κ1) is 51.8. The molecule has 2 aliphatic carbocycles. The van der Waals surface area contributed by atoms with Crippen LogP contribution in [0.5, 0.6) is 5.75 Å². The fourth-order valence-corrected chi connectivity index (χ4v) is 10.5. The highest BCUT2D eigenvalue weighted by molar-refractivity contribution is 5.87. The molecule has 0 bridgehead atoms. The zero-order valence-electron chi connectivity index (χ0n) is 40.8. The molecular formula is C58H82O7. The average molecular weight is 891 g/mol. The number of unbranched alkanes of at least 4 members (excludes halogenated alkanes) is 2. The van der Waals surface area contributed by atoms with Gasteiger partial charge in [0.25, 0.3) is 0 Å². The molecule has 0 amide bonds. The Balaban J connectivity index is 1.37. The lowest BCUT2D eigenvalue weighted by Gasteiger charge is -2.38. The van der Waals surface area contributed by atoms with E-state index < -0.39 is 11.9 Å². The van der Waals surface area contributed by atoms with Gasteiger partial charge in [-0.3, -0.25) is 0 Å². The van der Waals surface area contributed by atoms with E-state index in [0.717, 1.165) is 58.6 Å². The van der Waals surface area contributed by atoms with Gasteiger partial charge in [0.15, 0.2) is 0 Å². The molecule has 0 radical (unpaired) electrons. The van der Waals surface area contributed by atoms with Crippen molar-refractivity contribution in [3.63, 3.8) is 0 Å². The number of benzene rings is 3. The number of ether oxygens (including phenoxy) is 3. The summed E-state index contributed by atoms with van der Waals surface area (Å²) in [6.07, 6.45) is 21.6. The fraction of sp³-hybridized carbons (Fsp3) is 0.586. The van der Waals surface area contributed by atoms with E-state index in [1.54, 1.807) is 13.8 Å². The molecule has 2 N–H and O–H groups in total. The first-order valence-electron chi connectivity index (χ1n) is 25.4. The van der Waals surface area contributed by atoms with Crippen LogP contribution < -0.4 is 4.74 Å². The highest BCUT2D eigenvalue weighted by atomic mass is 16.5. The smallest absolute Gasteiger partial charge is 0.333 e. The molecule has 356 valence electrons. The van der Waals surface area contributed by atoms with Crippen molar-refractivity contribution in [2.24, 2.45) is 23.7 Å².